The summed E-state index contributed by atoms with van der Waals surface area (Å²) in [5, 5.41) is 14.7. The van der Waals surface area contributed by atoms with Crippen molar-refractivity contribution < 1.29 is 14.4 Å². The van der Waals surface area contributed by atoms with Crippen molar-refractivity contribution >= 4 is 17.7 Å². The highest BCUT2D eigenvalue weighted by atomic mass is 16.2. The Labute approximate surface area is 136 Å². The van der Waals surface area contributed by atoms with Crippen molar-refractivity contribution in [2.24, 2.45) is 11.1 Å². The highest BCUT2D eigenvalue weighted by Crippen LogP contribution is 2.40. The second-order valence-corrected chi connectivity index (χ2v) is 6.72. The molecule has 1 unspecified atom stereocenters. The molecule has 0 aromatic heterocycles. The van der Waals surface area contributed by atoms with Crippen LogP contribution in [-0.4, -0.2) is 29.8 Å². The maximum Gasteiger partial charge on any atom is 0.223 e. The van der Waals surface area contributed by atoms with E-state index < -0.39 is 11.0 Å². The molecule has 1 saturated heterocycles. The molecular formula is C16H24N4O3. The smallest absolute Gasteiger partial charge is 0.223 e. The standard InChI is InChI=1S/C16H24N4O3/c17-11-16(8-9-19-13(22)10-16)20-12(21)4-7-15(14(18)23)5-2-1-3-6-15/h1-10H2,(H2,18,23)(H,19,22)(H,20,21). The fraction of sp³-hybridized carbons (Fsp3) is 0.750. The van der Waals surface area contributed by atoms with Gasteiger partial charge in [0.1, 0.15) is 5.54 Å². The summed E-state index contributed by atoms with van der Waals surface area (Å²) in [5.74, 6) is -0.872. The van der Waals surface area contributed by atoms with E-state index >= 15 is 0 Å². The van der Waals surface area contributed by atoms with Gasteiger partial charge in [0.05, 0.1) is 12.5 Å². The Hall–Kier alpha value is -2.10. The molecule has 0 bridgehead atoms. The Kier molecular flexibility index (Phi) is 5.24. The molecular weight excluding hydrogens is 296 g/mol. The summed E-state index contributed by atoms with van der Waals surface area (Å²) in [5.41, 5.74) is 3.84. The minimum Gasteiger partial charge on any atom is -0.369 e. The monoisotopic (exact) mass is 320 g/mol. The lowest BCUT2D eigenvalue weighted by molar-refractivity contribution is -0.131. The Bertz CT molecular complexity index is 534. The fourth-order valence-corrected chi connectivity index (χ4v) is 3.60. The van der Waals surface area contributed by atoms with E-state index in [1.54, 1.807) is 0 Å². The molecule has 1 saturated carbocycles. The topological polar surface area (TPSA) is 125 Å². The van der Waals surface area contributed by atoms with E-state index in [-0.39, 0.29) is 30.6 Å². The lowest BCUT2D eigenvalue weighted by Gasteiger charge is -2.35. The SMILES string of the molecule is N#CC1(NC(=O)CCC2(C(N)=O)CCCCC2)CCNC(=O)C1. The van der Waals surface area contributed by atoms with Gasteiger partial charge in [0, 0.05) is 24.8 Å². The van der Waals surface area contributed by atoms with Gasteiger partial charge in [-0.05, 0) is 19.3 Å². The van der Waals surface area contributed by atoms with Gasteiger partial charge < -0.3 is 16.4 Å². The minimum atomic E-state index is -1.13. The number of nitrogens with one attached hydrogen (secondary N) is 2. The molecule has 7 heteroatoms. The van der Waals surface area contributed by atoms with Crippen LogP contribution in [0.2, 0.25) is 0 Å². The maximum atomic E-state index is 12.2. The maximum absolute atomic E-state index is 12.2. The number of amides is 3. The molecule has 0 aromatic carbocycles. The lowest BCUT2D eigenvalue weighted by Crippen LogP contribution is -2.55. The molecule has 1 atom stereocenters. The van der Waals surface area contributed by atoms with E-state index in [1.807, 2.05) is 0 Å². The number of carbonyl (C=O) groups is 3. The van der Waals surface area contributed by atoms with Crippen molar-refractivity contribution in [1.82, 2.24) is 10.6 Å². The van der Waals surface area contributed by atoms with Gasteiger partial charge in [-0.25, -0.2) is 0 Å². The van der Waals surface area contributed by atoms with E-state index in [9.17, 15) is 19.6 Å². The van der Waals surface area contributed by atoms with Crippen molar-refractivity contribution in [1.29, 1.82) is 5.26 Å². The molecule has 1 heterocycles. The predicted octanol–water partition coefficient (Wildman–Crippen LogP) is 0.491. The summed E-state index contributed by atoms with van der Waals surface area (Å²) in [6.07, 6.45) is 5.35. The Morgan fingerprint density at radius 1 is 1.26 bits per heavy atom. The predicted molar refractivity (Wildman–Crippen MR) is 82.7 cm³/mol. The van der Waals surface area contributed by atoms with Crippen LogP contribution < -0.4 is 16.4 Å². The summed E-state index contributed by atoms with van der Waals surface area (Å²) in [6.45, 7) is 0.373. The summed E-state index contributed by atoms with van der Waals surface area (Å²) < 4.78 is 0. The zero-order valence-electron chi connectivity index (χ0n) is 13.3. The van der Waals surface area contributed by atoms with Crippen molar-refractivity contribution in [2.45, 2.75) is 63.3 Å². The summed E-state index contributed by atoms with van der Waals surface area (Å²) >= 11 is 0. The molecule has 126 valence electrons. The molecule has 3 amide bonds. The highest BCUT2D eigenvalue weighted by molar-refractivity contribution is 5.84. The quantitative estimate of drug-likeness (QED) is 0.681. The second-order valence-electron chi connectivity index (χ2n) is 6.72. The third kappa shape index (κ3) is 4.01. The van der Waals surface area contributed by atoms with Crippen LogP contribution in [0, 0.1) is 16.7 Å². The fourth-order valence-electron chi connectivity index (χ4n) is 3.60. The van der Waals surface area contributed by atoms with Crippen molar-refractivity contribution in [3.8, 4) is 6.07 Å². The molecule has 7 nitrogen and oxygen atoms in total. The Morgan fingerprint density at radius 2 is 1.96 bits per heavy atom. The number of nitriles is 1. The van der Waals surface area contributed by atoms with Crippen LogP contribution in [0.4, 0.5) is 0 Å². The number of piperidine rings is 1. The van der Waals surface area contributed by atoms with Gasteiger partial charge in [-0.2, -0.15) is 5.26 Å². The number of rotatable bonds is 5. The third-order valence-electron chi connectivity index (χ3n) is 5.09. The summed E-state index contributed by atoms with van der Waals surface area (Å²) in [6, 6.07) is 2.06. The second kappa shape index (κ2) is 6.99. The number of carbonyl (C=O) groups excluding carboxylic acids is 3. The molecule has 1 aliphatic heterocycles. The first kappa shape index (κ1) is 17.3. The summed E-state index contributed by atoms with van der Waals surface area (Å²) in [7, 11) is 0. The van der Waals surface area contributed by atoms with E-state index in [2.05, 4.69) is 16.7 Å². The van der Waals surface area contributed by atoms with Gasteiger partial charge >= 0.3 is 0 Å². The summed E-state index contributed by atoms with van der Waals surface area (Å²) in [4.78, 5) is 35.6. The van der Waals surface area contributed by atoms with Crippen LogP contribution in [0.25, 0.3) is 0 Å². The third-order valence-corrected chi connectivity index (χ3v) is 5.09. The average molecular weight is 320 g/mol. The van der Waals surface area contributed by atoms with E-state index in [1.165, 1.54) is 0 Å². The van der Waals surface area contributed by atoms with Gasteiger partial charge in [0.2, 0.25) is 17.7 Å². The Morgan fingerprint density at radius 3 is 2.52 bits per heavy atom. The molecule has 1 aliphatic carbocycles. The first-order chi connectivity index (χ1) is 10.9. The number of hydrogen-bond donors (Lipinski definition) is 3. The lowest BCUT2D eigenvalue weighted by atomic mass is 9.70. The molecule has 0 spiro atoms. The number of primary amides is 1. The van der Waals surface area contributed by atoms with Crippen molar-refractivity contribution in [3.63, 3.8) is 0 Å². The number of hydrogen-bond acceptors (Lipinski definition) is 4. The van der Waals surface area contributed by atoms with Gasteiger partial charge in [0.25, 0.3) is 0 Å². The van der Waals surface area contributed by atoms with E-state index in [0.717, 1.165) is 32.1 Å². The first-order valence-corrected chi connectivity index (χ1v) is 8.20. The Balaban J connectivity index is 1.94. The molecule has 2 aliphatic rings. The van der Waals surface area contributed by atoms with Crippen LogP contribution in [0.5, 0.6) is 0 Å². The van der Waals surface area contributed by atoms with Gasteiger partial charge in [-0.1, -0.05) is 19.3 Å². The normalized spacial score (nSPS) is 26.7. The number of nitrogens with two attached hydrogens (primary N) is 1. The van der Waals surface area contributed by atoms with Crippen LogP contribution in [0.1, 0.15) is 57.8 Å². The molecule has 2 rings (SSSR count). The molecule has 2 fully saturated rings. The largest absolute Gasteiger partial charge is 0.369 e. The minimum absolute atomic E-state index is 0.0315. The molecule has 4 N–H and O–H groups in total. The first-order valence-electron chi connectivity index (χ1n) is 8.20. The average Bonchev–Trinajstić information content (AvgIpc) is 2.53. The number of nitrogens with zero attached hydrogens (tertiary/aromatic N) is 1. The van der Waals surface area contributed by atoms with E-state index in [0.29, 0.717) is 19.4 Å². The van der Waals surface area contributed by atoms with Crippen LogP contribution in [0.3, 0.4) is 0 Å². The van der Waals surface area contributed by atoms with Gasteiger partial charge in [-0.3, -0.25) is 14.4 Å². The van der Waals surface area contributed by atoms with Gasteiger partial charge in [0.15, 0.2) is 0 Å². The zero-order chi connectivity index (χ0) is 16.9. The van der Waals surface area contributed by atoms with Crippen LogP contribution in [0.15, 0.2) is 0 Å². The highest BCUT2D eigenvalue weighted by Gasteiger charge is 2.40. The van der Waals surface area contributed by atoms with Crippen LogP contribution >= 0.6 is 0 Å². The van der Waals surface area contributed by atoms with Gasteiger partial charge in [-0.15, -0.1) is 0 Å². The van der Waals surface area contributed by atoms with Crippen molar-refractivity contribution in [3.05, 3.63) is 0 Å². The van der Waals surface area contributed by atoms with Crippen LogP contribution in [-0.2, 0) is 14.4 Å². The molecule has 23 heavy (non-hydrogen) atoms. The molecule has 0 aromatic rings. The molecule has 0 radical (unpaired) electrons. The van der Waals surface area contributed by atoms with Crippen molar-refractivity contribution in [2.75, 3.05) is 6.54 Å². The van der Waals surface area contributed by atoms with E-state index in [4.69, 9.17) is 5.73 Å². The zero-order valence-corrected chi connectivity index (χ0v) is 13.3.